The second kappa shape index (κ2) is 17.6. The summed E-state index contributed by atoms with van der Waals surface area (Å²) in [7, 11) is 1.50. The molecule has 0 radical (unpaired) electrons. The molecule has 6 N–H and O–H groups in total. The molecule has 2 bridgehead atoms. The topological polar surface area (TPSA) is 162 Å². The summed E-state index contributed by atoms with van der Waals surface area (Å²) in [4.78, 5) is 20.1. The summed E-state index contributed by atoms with van der Waals surface area (Å²) >= 11 is 0. The van der Waals surface area contributed by atoms with Gasteiger partial charge in [0.15, 0.2) is 23.0 Å². The summed E-state index contributed by atoms with van der Waals surface area (Å²) in [5.41, 5.74) is 3.68. The zero-order chi connectivity index (χ0) is 41.0. The first-order chi connectivity index (χ1) is 27.9. The number of nitrogens with zero attached hydrogens (tertiary/aromatic N) is 1. The maximum atomic E-state index is 15.3. The van der Waals surface area contributed by atoms with Crippen molar-refractivity contribution in [1.82, 2.24) is 4.98 Å². The molecule has 3 atom stereocenters. The van der Waals surface area contributed by atoms with Gasteiger partial charge in [0.1, 0.15) is 17.4 Å². The number of aromatic hydroxyl groups is 4. The number of benzene rings is 4. The van der Waals surface area contributed by atoms with E-state index in [-0.39, 0.29) is 41.0 Å². The van der Waals surface area contributed by atoms with Crippen molar-refractivity contribution in [2.75, 3.05) is 19.0 Å². The maximum absolute atomic E-state index is 15.3. The van der Waals surface area contributed by atoms with E-state index in [1.54, 1.807) is 36.5 Å². The number of anilines is 2. The number of carbonyl (C=O) groups is 1. The molecule has 1 saturated carbocycles. The van der Waals surface area contributed by atoms with Gasteiger partial charge < -0.3 is 40.3 Å². The van der Waals surface area contributed by atoms with Crippen LogP contribution in [0, 0.1) is 11.8 Å². The molecule has 5 aromatic rings. The lowest BCUT2D eigenvalue weighted by molar-refractivity contribution is -0.130. The number of nitrogens with one attached hydrogen (secondary N) is 1. The number of ether oxygens (including phenoxy) is 2. The zero-order valence-electron chi connectivity index (χ0n) is 33.7. The van der Waals surface area contributed by atoms with E-state index in [0.29, 0.717) is 55.3 Å². The van der Waals surface area contributed by atoms with E-state index in [1.807, 2.05) is 36.4 Å². The van der Waals surface area contributed by atoms with Crippen molar-refractivity contribution in [3.63, 3.8) is 0 Å². The minimum Gasteiger partial charge on any atom is -0.508 e. The van der Waals surface area contributed by atoms with Crippen molar-refractivity contribution in [3.05, 3.63) is 101 Å². The number of aryl methyl sites for hydroxylation is 2. The van der Waals surface area contributed by atoms with Crippen LogP contribution >= 0.6 is 0 Å². The molecule has 2 aliphatic rings. The Bertz CT molecular complexity index is 2250. The molecule has 0 amide bonds. The highest BCUT2D eigenvalue weighted by molar-refractivity contribution is 5.92. The predicted octanol–water partition coefficient (Wildman–Crippen LogP) is 9.74. The number of rotatable bonds is 11. The zero-order valence-corrected chi connectivity index (χ0v) is 33.7. The average molecular weight is 789 g/mol. The number of fused-ring (bicyclic) bond motifs is 6. The monoisotopic (exact) mass is 788 g/mol. The minimum atomic E-state index is -0.998. The number of Topliss-reactive ketones (excluding diaryl/α,β-unsaturated/α-hetero) is 1. The van der Waals surface area contributed by atoms with Crippen molar-refractivity contribution in [3.8, 4) is 34.5 Å². The number of aromatic nitrogens is 1. The standard InChI is InChI=1S/C48H56N2O8/c1-29(2)7-6-22-58-44-27-33(26-42(55)47(44)56)31-10-13-37-36-14-12-35(51)24-32(36)11-15-38(37)50-45-28-34(18-21-49-45)48(19-4-5-20-48)46(41(54)25-31)40(53)17-9-30-8-16-39(52)43(23-30)57-3/h8,11-12,14-16,18,21,23-24,26-29,31,40,46,51-53,55-56H,4-7,9-10,13,17,19-20,22,25H2,1-3H3,(H,49,50)/t31-,40-,46-/m1/s1. The van der Waals surface area contributed by atoms with Crippen molar-refractivity contribution in [1.29, 1.82) is 0 Å². The Balaban J connectivity index is 1.33. The number of ketones is 1. The molecule has 7 rings (SSSR count). The summed E-state index contributed by atoms with van der Waals surface area (Å²) in [5.74, 6) is -0.0334. The predicted molar refractivity (Wildman–Crippen MR) is 226 cm³/mol. The molecule has 4 aromatic carbocycles. The van der Waals surface area contributed by atoms with E-state index in [1.165, 1.54) is 13.2 Å². The van der Waals surface area contributed by atoms with Gasteiger partial charge in [-0.15, -0.1) is 0 Å². The molecule has 0 unspecified atom stereocenters. The van der Waals surface area contributed by atoms with Crippen LogP contribution in [-0.4, -0.2) is 56.1 Å². The molecule has 306 valence electrons. The number of hydrogen-bond acceptors (Lipinski definition) is 10. The molecular weight excluding hydrogens is 733 g/mol. The van der Waals surface area contributed by atoms with Crippen LogP contribution in [0.5, 0.6) is 34.5 Å². The molecule has 10 nitrogen and oxygen atoms in total. The van der Waals surface area contributed by atoms with Gasteiger partial charge in [0.05, 0.1) is 25.7 Å². The Morgan fingerprint density at radius 1 is 0.897 bits per heavy atom. The fourth-order valence-corrected chi connectivity index (χ4v) is 9.46. The van der Waals surface area contributed by atoms with Crippen molar-refractivity contribution in [2.24, 2.45) is 11.8 Å². The van der Waals surface area contributed by atoms with Gasteiger partial charge in [0.25, 0.3) is 0 Å². The third-order valence-electron chi connectivity index (χ3n) is 12.4. The Hall–Kier alpha value is -5.48. The minimum absolute atomic E-state index is 0.0351. The fourth-order valence-electron chi connectivity index (χ4n) is 9.46. The molecule has 10 heteroatoms. The Labute approximate surface area is 340 Å². The van der Waals surface area contributed by atoms with Crippen LogP contribution in [0.3, 0.4) is 0 Å². The van der Waals surface area contributed by atoms with Crippen LogP contribution in [0.25, 0.3) is 10.8 Å². The molecule has 0 saturated heterocycles. The number of hydrogen-bond donors (Lipinski definition) is 6. The van der Waals surface area contributed by atoms with Crippen LogP contribution in [0.15, 0.2) is 79.0 Å². The molecular formula is C48H56N2O8. The van der Waals surface area contributed by atoms with Gasteiger partial charge in [0, 0.05) is 23.7 Å². The Kier molecular flexibility index (Phi) is 12.3. The van der Waals surface area contributed by atoms with Gasteiger partial charge in [-0.05, 0) is 151 Å². The second-order valence-corrected chi connectivity index (χ2v) is 16.7. The largest absolute Gasteiger partial charge is 0.508 e. The lowest BCUT2D eigenvalue weighted by Gasteiger charge is -2.41. The van der Waals surface area contributed by atoms with Gasteiger partial charge >= 0.3 is 0 Å². The van der Waals surface area contributed by atoms with Crippen LogP contribution in [-0.2, 0) is 23.1 Å². The van der Waals surface area contributed by atoms with E-state index >= 15 is 4.79 Å². The number of pyridine rings is 1. The van der Waals surface area contributed by atoms with Crippen molar-refractivity contribution >= 4 is 28.1 Å². The number of aliphatic hydroxyl groups excluding tert-OH is 1. The number of phenols is 4. The Morgan fingerprint density at radius 2 is 1.71 bits per heavy atom. The van der Waals surface area contributed by atoms with Crippen molar-refractivity contribution in [2.45, 2.75) is 102 Å². The fraction of sp³-hybridized carbons (Fsp3) is 0.417. The lowest BCUT2D eigenvalue weighted by atomic mass is 9.63. The lowest BCUT2D eigenvalue weighted by Crippen LogP contribution is -2.45. The van der Waals surface area contributed by atoms with E-state index in [0.717, 1.165) is 71.7 Å². The van der Waals surface area contributed by atoms with Crippen LogP contribution < -0.4 is 14.8 Å². The molecule has 1 aliphatic carbocycles. The third-order valence-corrected chi connectivity index (χ3v) is 12.4. The maximum Gasteiger partial charge on any atom is 0.200 e. The van der Waals surface area contributed by atoms with Gasteiger partial charge in [-0.25, -0.2) is 4.98 Å². The van der Waals surface area contributed by atoms with E-state index in [9.17, 15) is 25.5 Å². The van der Waals surface area contributed by atoms with Crippen LogP contribution in [0.4, 0.5) is 11.5 Å². The van der Waals surface area contributed by atoms with Gasteiger partial charge in [-0.3, -0.25) is 4.79 Å². The van der Waals surface area contributed by atoms with Gasteiger partial charge in [-0.2, -0.15) is 0 Å². The average Bonchev–Trinajstić information content (AvgIpc) is 3.70. The Morgan fingerprint density at radius 3 is 2.48 bits per heavy atom. The number of carbonyl (C=O) groups excluding carboxylic acids is 1. The molecule has 2 heterocycles. The SMILES string of the molecule is COc1cc(CC[C@@H](O)[C@@H]2C(=O)C[C@H](c3cc(O)c(O)c(OCCCC(C)C)c3)CCc3c(ccc4cc(O)ccc34)Nc3cc(ccn3)C23CCCC3)ccc1O. The highest BCUT2D eigenvalue weighted by Gasteiger charge is 2.49. The van der Waals surface area contributed by atoms with Crippen LogP contribution in [0.1, 0.15) is 99.8 Å². The molecule has 58 heavy (non-hydrogen) atoms. The summed E-state index contributed by atoms with van der Waals surface area (Å²) < 4.78 is 11.4. The van der Waals surface area contributed by atoms with E-state index < -0.39 is 23.4 Å². The smallest absolute Gasteiger partial charge is 0.200 e. The molecule has 1 spiro atoms. The quantitative estimate of drug-likeness (QED) is 0.0562. The first-order valence-corrected chi connectivity index (χ1v) is 20.7. The number of aliphatic hydroxyl groups is 1. The number of methoxy groups -OCH3 is 1. The summed E-state index contributed by atoms with van der Waals surface area (Å²) in [6.45, 7) is 4.65. The van der Waals surface area contributed by atoms with Gasteiger partial charge in [-0.1, -0.05) is 44.9 Å². The molecule has 1 aromatic heterocycles. The summed E-state index contributed by atoms with van der Waals surface area (Å²) in [6.07, 6.45) is 7.65. The van der Waals surface area contributed by atoms with Crippen LogP contribution in [0.2, 0.25) is 0 Å². The molecule has 1 aliphatic heterocycles. The first-order valence-electron chi connectivity index (χ1n) is 20.7. The highest BCUT2D eigenvalue weighted by atomic mass is 16.5. The highest BCUT2D eigenvalue weighted by Crippen LogP contribution is 2.51. The van der Waals surface area contributed by atoms with Gasteiger partial charge in [0.2, 0.25) is 5.75 Å². The normalized spacial score (nSPS) is 18.5. The van der Waals surface area contributed by atoms with Crippen molar-refractivity contribution < 1.29 is 39.8 Å². The summed E-state index contributed by atoms with van der Waals surface area (Å²) in [6, 6.07) is 21.7. The van der Waals surface area contributed by atoms with E-state index in [4.69, 9.17) is 14.5 Å². The third kappa shape index (κ3) is 8.67. The summed E-state index contributed by atoms with van der Waals surface area (Å²) in [5, 5.41) is 60.4. The number of phenolic OH excluding ortho intramolecular Hbond substituents is 4. The molecule has 1 fully saturated rings. The second-order valence-electron chi connectivity index (χ2n) is 16.7. The first kappa shape index (κ1) is 40.7. The van der Waals surface area contributed by atoms with E-state index in [2.05, 4.69) is 19.2 Å².